The molecule has 28 heavy (non-hydrogen) atoms. The number of amides is 1. The summed E-state index contributed by atoms with van der Waals surface area (Å²) in [6, 6.07) is 12.6. The molecule has 1 amide bonds. The standard InChI is InChI=1S/C23H28FN3O/c1-26-14-11-17(12-15-26)23(28)27-13-5-6-18(16-27)21-9-4-10-22(25-21)19-7-2-3-8-20(19)24/h2-4,7-10,17-18H,5-6,11-16H2,1H3/t18-/m0/s1. The van der Waals surface area contributed by atoms with Gasteiger partial charge in [0, 0.05) is 36.2 Å². The zero-order chi connectivity index (χ0) is 19.5. The van der Waals surface area contributed by atoms with Crippen molar-refractivity contribution in [2.24, 2.45) is 5.92 Å². The van der Waals surface area contributed by atoms with Gasteiger partial charge >= 0.3 is 0 Å². The SMILES string of the molecule is CN1CCC(C(=O)N2CCC[C@H](c3cccc(-c4ccccc4F)n3)C2)CC1. The van der Waals surface area contributed by atoms with Gasteiger partial charge in [0.15, 0.2) is 0 Å². The molecule has 2 aromatic rings. The highest BCUT2D eigenvalue weighted by atomic mass is 19.1. The fraction of sp³-hybridized carbons (Fsp3) is 0.478. The summed E-state index contributed by atoms with van der Waals surface area (Å²) in [5.74, 6) is 0.432. The van der Waals surface area contributed by atoms with Gasteiger partial charge in [-0.2, -0.15) is 0 Å². The van der Waals surface area contributed by atoms with Crippen LogP contribution in [0, 0.1) is 11.7 Å². The van der Waals surface area contributed by atoms with E-state index >= 15 is 0 Å². The molecule has 5 heteroatoms. The molecule has 3 heterocycles. The predicted molar refractivity (Wildman–Crippen MR) is 108 cm³/mol. The van der Waals surface area contributed by atoms with Crippen LogP contribution in [0.4, 0.5) is 4.39 Å². The molecule has 1 atom stereocenters. The molecule has 0 bridgehead atoms. The lowest BCUT2D eigenvalue weighted by atomic mass is 9.90. The van der Waals surface area contributed by atoms with Gasteiger partial charge < -0.3 is 9.80 Å². The predicted octanol–water partition coefficient (Wildman–Crippen LogP) is 3.94. The quantitative estimate of drug-likeness (QED) is 0.808. The minimum atomic E-state index is -0.255. The Bertz CT molecular complexity index is 832. The first kappa shape index (κ1) is 19.1. The Balaban J connectivity index is 1.48. The van der Waals surface area contributed by atoms with Gasteiger partial charge in [-0.15, -0.1) is 0 Å². The Kier molecular flexibility index (Phi) is 5.72. The first-order valence-electron chi connectivity index (χ1n) is 10.3. The number of carbonyl (C=O) groups excluding carboxylic acids is 1. The molecule has 0 saturated carbocycles. The summed E-state index contributed by atoms with van der Waals surface area (Å²) in [6.45, 7) is 3.56. The fourth-order valence-electron chi connectivity index (χ4n) is 4.43. The first-order chi connectivity index (χ1) is 13.6. The molecule has 2 saturated heterocycles. The maximum Gasteiger partial charge on any atom is 0.225 e. The minimum absolute atomic E-state index is 0.160. The summed E-state index contributed by atoms with van der Waals surface area (Å²) >= 11 is 0. The van der Waals surface area contributed by atoms with E-state index in [2.05, 4.69) is 11.9 Å². The number of benzene rings is 1. The van der Waals surface area contributed by atoms with Gasteiger partial charge in [0.05, 0.1) is 5.69 Å². The summed E-state index contributed by atoms with van der Waals surface area (Å²) in [4.78, 5) is 22.1. The van der Waals surface area contributed by atoms with Gasteiger partial charge in [-0.05, 0) is 70.1 Å². The highest BCUT2D eigenvalue weighted by Crippen LogP contribution is 2.30. The van der Waals surface area contributed by atoms with Crippen LogP contribution in [-0.4, -0.2) is 53.9 Å². The topological polar surface area (TPSA) is 36.4 Å². The fourth-order valence-corrected chi connectivity index (χ4v) is 4.43. The molecular formula is C23H28FN3O. The summed E-state index contributed by atoms with van der Waals surface area (Å²) in [5.41, 5.74) is 2.15. The molecule has 2 aliphatic heterocycles. The zero-order valence-electron chi connectivity index (χ0n) is 16.5. The number of hydrogen-bond acceptors (Lipinski definition) is 3. The lowest BCUT2D eigenvalue weighted by Crippen LogP contribution is -2.45. The molecule has 148 valence electrons. The minimum Gasteiger partial charge on any atom is -0.342 e. The number of piperidine rings is 2. The first-order valence-corrected chi connectivity index (χ1v) is 10.3. The average Bonchev–Trinajstić information content (AvgIpc) is 2.74. The van der Waals surface area contributed by atoms with Gasteiger partial charge in [-0.25, -0.2) is 4.39 Å². The Morgan fingerprint density at radius 1 is 1.04 bits per heavy atom. The second-order valence-corrected chi connectivity index (χ2v) is 8.13. The summed E-state index contributed by atoms with van der Waals surface area (Å²) in [7, 11) is 2.12. The Hall–Kier alpha value is -2.27. The van der Waals surface area contributed by atoms with E-state index in [1.807, 2.05) is 29.2 Å². The van der Waals surface area contributed by atoms with Crippen molar-refractivity contribution in [3.05, 3.63) is 54.0 Å². The maximum absolute atomic E-state index is 14.2. The Morgan fingerprint density at radius 3 is 2.61 bits per heavy atom. The van der Waals surface area contributed by atoms with Crippen LogP contribution >= 0.6 is 0 Å². The molecule has 1 aromatic heterocycles. The Labute approximate surface area is 166 Å². The molecule has 0 unspecified atom stereocenters. The van der Waals surface area contributed by atoms with E-state index in [9.17, 15) is 9.18 Å². The molecule has 0 radical (unpaired) electrons. The smallest absolute Gasteiger partial charge is 0.225 e. The number of likely N-dealkylation sites (tertiary alicyclic amines) is 2. The second-order valence-electron chi connectivity index (χ2n) is 8.13. The lowest BCUT2D eigenvalue weighted by Gasteiger charge is -2.37. The van der Waals surface area contributed by atoms with Crippen LogP contribution in [0.1, 0.15) is 37.3 Å². The molecule has 0 N–H and O–H groups in total. The molecule has 0 aliphatic carbocycles. The number of rotatable bonds is 3. The van der Waals surface area contributed by atoms with Crippen molar-refractivity contribution in [2.45, 2.75) is 31.6 Å². The van der Waals surface area contributed by atoms with Crippen molar-refractivity contribution in [1.29, 1.82) is 0 Å². The van der Waals surface area contributed by atoms with Crippen molar-refractivity contribution >= 4 is 5.91 Å². The molecule has 4 nitrogen and oxygen atoms in total. The van der Waals surface area contributed by atoms with E-state index in [4.69, 9.17) is 4.98 Å². The van der Waals surface area contributed by atoms with Crippen LogP contribution < -0.4 is 0 Å². The molecule has 4 rings (SSSR count). The molecule has 0 spiro atoms. The third-order valence-corrected chi connectivity index (χ3v) is 6.14. The van der Waals surface area contributed by atoms with Crippen molar-refractivity contribution in [1.82, 2.24) is 14.8 Å². The molecule has 2 aliphatic rings. The Morgan fingerprint density at radius 2 is 1.82 bits per heavy atom. The van der Waals surface area contributed by atoms with Crippen LogP contribution in [0.15, 0.2) is 42.5 Å². The number of nitrogens with zero attached hydrogens (tertiary/aromatic N) is 3. The molecular weight excluding hydrogens is 353 g/mol. The van der Waals surface area contributed by atoms with E-state index in [0.29, 0.717) is 17.2 Å². The maximum atomic E-state index is 14.2. The second kappa shape index (κ2) is 8.39. The third kappa shape index (κ3) is 4.09. The number of halogens is 1. The van der Waals surface area contributed by atoms with E-state index in [1.165, 1.54) is 6.07 Å². The third-order valence-electron chi connectivity index (χ3n) is 6.14. The average molecular weight is 381 g/mol. The monoisotopic (exact) mass is 381 g/mol. The van der Waals surface area contributed by atoms with E-state index in [1.54, 1.807) is 12.1 Å². The van der Waals surface area contributed by atoms with Gasteiger partial charge in [-0.1, -0.05) is 18.2 Å². The van der Waals surface area contributed by atoms with Gasteiger partial charge in [0.1, 0.15) is 5.82 Å². The van der Waals surface area contributed by atoms with Crippen LogP contribution in [-0.2, 0) is 4.79 Å². The number of pyridine rings is 1. The molecule has 1 aromatic carbocycles. The summed E-state index contributed by atoms with van der Waals surface area (Å²) in [5, 5.41) is 0. The van der Waals surface area contributed by atoms with Crippen LogP contribution in [0.3, 0.4) is 0 Å². The normalized spacial score (nSPS) is 21.6. The number of aromatic nitrogens is 1. The van der Waals surface area contributed by atoms with Gasteiger partial charge in [0.2, 0.25) is 5.91 Å². The van der Waals surface area contributed by atoms with Gasteiger partial charge in [0.25, 0.3) is 0 Å². The van der Waals surface area contributed by atoms with Crippen molar-refractivity contribution < 1.29 is 9.18 Å². The highest BCUT2D eigenvalue weighted by molar-refractivity contribution is 5.79. The van der Waals surface area contributed by atoms with Crippen LogP contribution in [0.5, 0.6) is 0 Å². The van der Waals surface area contributed by atoms with Crippen molar-refractivity contribution in [3.63, 3.8) is 0 Å². The summed E-state index contributed by atoms with van der Waals surface area (Å²) in [6.07, 6.45) is 3.93. The van der Waals surface area contributed by atoms with Crippen molar-refractivity contribution in [2.75, 3.05) is 33.2 Å². The van der Waals surface area contributed by atoms with E-state index in [0.717, 1.165) is 57.6 Å². The highest BCUT2D eigenvalue weighted by Gasteiger charge is 2.31. The summed E-state index contributed by atoms with van der Waals surface area (Å²) < 4.78 is 14.2. The number of hydrogen-bond donors (Lipinski definition) is 0. The largest absolute Gasteiger partial charge is 0.342 e. The lowest BCUT2D eigenvalue weighted by molar-refractivity contribution is -0.138. The zero-order valence-corrected chi connectivity index (χ0v) is 16.5. The van der Waals surface area contributed by atoms with Gasteiger partial charge in [-0.3, -0.25) is 9.78 Å². The van der Waals surface area contributed by atoms with E-state index < -0.39 is 0 Å². The van der Waals surface area contributed by atoms with E-state index in [-0.39, 0.29) is 17.7 Å². The molecule has 2 fully saturated rings. The van der Waals surface area contributed by atoms with Crippen molar-refractivity contribution in [3.8, 4) is 11.3 Å². The van der Waals surface area contributed by atoms with Crippen LogP contribution in [0.2, 0.25) is 0 Å². The van der Waals surface area contributed by atoms with Crippen LogP contribution in [0.25, 0.3) is 11.3 Å². The number of carbonyl (C=O) groups is 1.